The maximum Gasteiger partial charge on any atom is 0.254 e. The van der Waals surface area contributed by atoms with Crippen molar-refractivity contribution in [3.8, 4) is 17.0 Å². The van der Waals surface area contributed by atoms with Crippen molar-refractivity contribution in [2.24, 2.45) is 0 Å². The standard InChI is InChI=1S/C18H14FN3O3/c19-13-6-2-1-5-12(13)15-9-18(25)22(11-20-15)10-17(24)21-14-7-3-4-8-16(14)23/h1-9,11,23H,10H2,(H,21,24). The number of nitrogens with one attached hydrogen (secondary N) is 1. The average Bonchev–Trinajstić information content (AvgIpc) is 2.59. The number of phenolic OH excluding ortho intramolecular Hbond substituents is 1. The molecule has 0 aliphatic rings. The SMILES string of the molecule is O=C(Cn1cnc(-c2ccccc2F)cc1=O)Nc1ccccc1O. The van der Waals surface area contributed by atoms with Crippen molar-refractivity contribution in [1.29, 1.82) is 0 Å². The fraction of sp³-hybridized carbons (Fsp3) is 0.0556. The van der Waals surface area contributed by atoms with Crippen molar-refractivity contribution in [2.75, 3.05) is 5.32 Å². The maximum atomic E-state index is 13.8. The monoisotopic (exact) mass is 339 g/mol. The lowest BCUT2D eigenvalue weighted by Gasteiger charge is -2.09. The first kappa shape index (κ1) is 16.4. The quantitative estimate of drug-likeness (QED) is 0.715. The zero-order valence-corrected chi connectivity index (χ0v) is 13.0. The number of benzene rings is 2. The fourth-order valence-corrected chi connectivity index (χ4v) is 2.28. The van der Waals surface area contributed by atoms with Crippen molar-refractivity contribution < 1.29 is 14.3 Å². The number of phenols is 1. The van der Waals surface area contributed by atoms with Crippen LogP contribution in [0.1, 0.15) is 0 Å². The molecule has 1 heterocycles. The predicted molar refractivity (Wildman–Crippen MR) is 90.6 cm³/mol. The second kappa shape index (κ2) is 6.96. The van der Waals surface area contributed by atoms with E-state index in [1.807, 2.05) is 0 Å². The first-order valence-electron chi connectivity index (χ1n) is 7.44. The summed E-state index contributed by atoms with van der Waals surface area (Å²) in [6.45, 7) is -0.280. The molecule has 0 aliphatic heterocycles. The van der Waals surface area contributed by atoms with Gasteiger partial charge in [0.15, 0.2) is 0 Å². The third-order valence-electron chi connectivity index (χ3n) is 3.52. The number of nitrogens with zero attached hydrogens (tertiary/aromatic N) is 2. The van der Waals surface area contributed by atoms with Crippen molar-refractivity contribution in [2.45, 2.75) is 6.54 Å². The summed E-state index contributed by atoms with van der Waals surface area (Å²) < 4.78 is 14.9. The van der Waals surface area contributed by atoms with Gasteiger partial charge in [-0.2, -0.15) is 0 Å². The van der Waals surface area contributed by atoms with Crippen LogP contribution in [0.3, 0.4) is 0 Å². The molecule has 2 N–H and O–H groups in total. The van der Waals surface area contributed by atoms with Crippen molar-refractivity contribution in [3.63, 3.8) is 0 Å². The molecule has 0 fully saturated rings. The van der Waals surface area contributed by atoms with E-state index in [9.17, 15) is 19.1 Å². The number of carbonyl (C=O) groups excluding carboxylic acids is 1. The van der Waals surface area contributed by atoms with Crippen LogP contribution in [0, 0.1) is 5.82 Å². The van der Waals surface area contributed by atoms with Gasteiger partial charge in [0.25, 0.3) is 5.56 Å². The number of amides is 1. The van der Waals surface area contributed by atoms with Crippen LogP contribution >= 0.6 is 0 Å². The van der Waals surface area contributed by atoms with Gasteiger partial charge in [0, 0.05) is 11.6 Å². The molecule has 2 aromatic carbocycles. The summed E-state index contributed by atoms with van der Waals surface area (Å²) >= 11 is 0. The summed E-state index contributed by atoms with van der Waals surface area (Å²) in [7, 11) is 0. The molecule has 3 aromatic rings. The molecular formula is C18H14FN3O3. The highest BCUT2D eigenvalue weighted by atomic mass is 19.1. The molecule has 7 heteroatoms. The Morgan fingerprint density at radius 3 is 2.60 bits per heavy atom. The number of hydrogen-bond acceptors (Lipinski definition) is 4. The Morgan fingerprint density at radius 1 is 1.16 bits per heavy atom. The molecule has 1 aromatic heterocycles. The Balaban J connectivity index is 1.78. The van der Waals surface area contributed by atoms with E-state index in [0.29, 0.717) is 0 Å². The fourth-order valence-electron chi connectivity index (χ4n) is 2.28. The molecular weight excluding hydrogens is 325 g/mol. The van der Waals surface area contributed by atoms with E-state index in [1.165, 1.54) is 36.7 Å². The van der Waals surface area contributed by atoms with Crippen LogP contribution < -0.4 is 10.9 Å². The van der Waals surface area contributed by atoms with Gasteiger partial charge in [0.1, 0.15) is 18.1 Å². The van der Waals surface area contributed by atoms with Gasteiger partial charge in [-0.05, 0) is 24.3 Å². The summed E-state index contributed by atoms with van der Waals surface area (Å²) in [6, 6.07) is 13.4. The smallest absolute Gasteiger partial charge is 0.254 e. The van der Waals surface area contributed by atoms with Gasteiger partial charge in [-0.25, -0.2) is 9.37 Å². The van der Waals surface area contributed by atoms with Crippen molar-refractivity contribution in [3.05, 3.63) is 77.1 Å². The van der Waals surface area contributed by atoms with Gasteiger partial charge < -0.3 is 10.4 Å². The predicted octanol–water partition coefficient (Wildman–Crippen LogP) is 2.39. The third-order valence-corrected chi connectivity index (χ3v) is 3.52. The largest absolute Gasteiger partial charge is 0.506 e. The number of aromatic hydroxyl groups is 1. The van der Waals surface area contributed by atoms with Crippen LogP contribution in [0.2, 0.25) is 0 Å². The summed E-state index contributed by atoms with van der Waals surface area (Å²) in [5.41, 5.74) is 0.169. The number of carbonyl (C=O) groups is 1. The number of rotatable bonds is 4. The molecule has 1 amide bonds. The molecule has 3 rings (SSSR count). The van der Waals surface area contributed by atoms with Crippen molar-refractivity contribution in [1.82, 2.24) is 9.55 Å². The summed E-state index contributed by atoms with van der Waals surface area (Å²) in [6.07, 6.45) is 1.19. The normalized spacial score (nSPS) is 10.4. The molecule has 0 radical (unpaired) electrons. The third kappa shape index (κ3) is 3.72. The Morgan fingerprint density at radius 2 is 1.88 bits per heavy atom. The zero-order valence-electron chi connectivity index (χ0n) is 13.0. The Kier molecular flexibility index (Phi) is 4.56. The Labute approximate surface area is 142 Å². The van der Waals surface area contributed by atoms with E-state index in [1.54, 1.807) is 24.3 Å². The van der Waals surface area contributed by atoms with Crippen LogP contribution in [0.25, 0.3) is 11.3 Å². The Bertz CT molecular complexity index is 985. The highest BCUT2D eigenvalue weighted by molar-refractivity contribution is 5.92. The van der Waals surface area contributed by atoms with E-state index in [0.717, 1.165) is 4.57 Å². The van der Waals surface area contributed by atoms with E-state index in [2.05, 4.69) is 10.3 Å². The zero-order chi connectivity index (χ0) is 17.8. The van der Waals surface area contributed by atoms with Crippen LogP contribution in [-0.2, 0) is 11.3 Å². The first-order chi connectivity index (χ1) is 12.0. The number of halogens is 1. The van der Waals surface area contributed by atoms with Crippen LogP contribution in [0.15, 0.2) is 65.7 Å². The molecule has 0 spiro atoms. The number of hydrogen-bond donors (Lipinski definition) is 2. The van der Waals surface area contributed by atoms with E-state index >= 15 is 0 Å². The van der Waals surface area contributed by atoms with Gasteiger partial charge >= 0.3 is 0 Å². The molecule has 25 heavy (non-hydrogen) atoms. The minimum absolute atomic E-state index is 0.0729. The van der Waals surface area contributed by atoms with Crippen LogP contribution in [0.4, 0.5) is 10.1 Å². The summed E-state index contributed by atoms with van der Waals surface area (Å²) in [5, 5.41) is 12.1. The highest BCUT2D eigenvalue weighted by Gasteiger charge is 2.10. The topological polar surface area (TPSA) is 84.2 Å². The summed E-state index contributed by atoms with van der Waals surface area (Å²) in [4.78, 5) is 28.2. The van der Waals surface area contributed by atoms with Gasteiger partial charge in [-0.15, -0.1) is 0 Å². The number of para-hydroxylation sites is 2. The van der Waals surface area contributed by atoms with E-state index in [4.69, 9.17) is 0 Å². The molecule has 0 unspecified atom stereocenters. The average molecular weight is 339 g/mol. The van der Waals surface area contributed by atoms with Gasteiger partial charge in [0.2, 0.25) is 5.91 Å². The number of aromatic nitrogens is 2. The molecule has 6 nitrogen and oxygen atoms in total. The minimum atomic E-state index is -0.496. The molecule has 0 saturated carbocycles. The van der Waals surface area contributed by atoms with E-state index < -0.39 is 17.3 Å². The van der Waals surface area contributed by atoms with Crippen LogP contribution in [0.5, 0.6) is 5.75 Å². The van der Waals surface area contributed by atoms with Gasteiger partial charge in [-0.3, -0.25) is 14.2 Å². The van der Waals surface area contributed by atoms with Gasteiger partial charge in [-0.1, -0.05) is 24.3 Å². The van der Waals surface area contributed by atoms with E-state index in [-0.39, 0.29) is 29.2 Å². The maximum absolute atomic E-state index is 13.8. The van der Waals surface area contributed by atoms with Crippen LogP contribution in [-0.4, -0.2) is 20.6 Å². The molecule has 0 saturated heterocycles. The second-order valence-corrected chi connectivity index (χ2v) is 5.29. The van der Waals surface area contributed by atoms with Gasteiger partial charge in [0.05, 0.1) is 17.7 Å². The Hall–Kier alpha value is -3.48. The lowest BCUT2D eigenvalue weighted by atomic mass is 10.1. The minimum Gasteiger partial charge on any atom is -0.506 e. The summed E-state index contributed by atoms with van der Waals surface area (Å²) in [5.74, 6) is -1.05. The second-order valence-electron chi connectivity index (χ2n) is 5.29. The lowest BCUT2D eigenvalue weighted by Crippen LogP contribution is -2.27. The lowest BCUT2D eigenvalue weighted by molar-refractivity contribution is -0.116. The first-order valence-corrected chi connectivity index (χ1v) is 7.44. The van der Waals surface area contributed by atoms with Crippen molar-refractivity contribution >= 4 is 11.6 Å². The molecule has 126 valence electrons. The molecule has 0 atom stereocenters. The molecule has 0 bridgehead atoms. The molecule has 0 aliphatic carbocycles. The highest BCUT2D eigenvalue weighted by Crippen LogP contribution is 2.21. The number of anilines is 1.